The van der Waals surface area contributed by atoms with Crippen LogP contribution in [-0.4, -0.2) is 96.6 Å². The summed E-state index contributed by atoms with van der Waals surface area (Å²) < 4.78 is 27.8. The quantitative estimate of drug-likeness (QED) is 0.428. The molecule has 214 valence electrons. The molecule has 0 unspecified atom stereocenters. The van der Waals surface area contributed by atoms with E-state index in [-0.39, 0.29) is 12.3 Å². The number of hydrogen-bond donors (Lipinski definition) is 2. The summed E-state index contributed by atoms with van der Waals surface area (Å²) in [5, 5.41) is 14.1. The van der Waals surface area contributed by atoms with Crippen LogP contribution < -0.4 is 5.32 Å². The fourth-order valence-corrected chi connectivity index (χ4v) is 5.01. The van der Waals surface area contributed by atoms with Crippen molar-refractivity contribution in [3.05, 3.63) is 70.3 Å². The number of carbonyl (C=O) groups is 2. The molecule has 1 aliphatic rings. The van der Waals surface area contributed by atoms with E-state index in [0.29, 0.717) is 36.3 Å². The number of nitrogens with zero attached hydrogens (tertiary/aromatic N) is 3. The number of hydrogen-bond acceptors (Lipinski definition) is 5. The van der Waals surface area contributed by atoms with Gasteiger partial charge in [0, 0.05) is 63.0 Å². The highest BCUT2D eigenvalue weighted by atomic mass is 19.1. The van der Waals surface area contributed by atoms with Crippen LogP contribution in [0.25, 0.3) is 0 Å². The largest absolute Gasteiger partial charge is 0.390 e. The maximum absolute atomic E-state index is 13.9. The van der Waals surface area contributed by atoms with Gasteiger partial charge < -0.3 is 20.2 Å². The van der Waals surface area contributed by atoms with Crippen LogP contribution in [0.15, 0.2) is 36.4 Å². The van der Waals surface area contributed by atoms with Gasteiger partial charge in [-0.05, 0) is 74.7 Å². The number of halogens is 2. The monoisotopic (exact) mass is 544 g/mol. The lowest BCUT2D eigenvalue weighted by Gasteiger charge is -2.35. The first kappa shape index (κ1) is 30.7. The van der Waals surface area contributed by atoms with Crippen molar-refractivity contribution in [3.8, 4) is 0 Å². The van der Waals surface area contributed by atoms with Crippen LogP contribution in [0.2, 0.25) is 0 Å². The number of aryl methyl sites for hydroxylation is 1. The molecular weight excluding hydrogens is 502 g/mol. The zero-order chi connectivity index (χ0) is 28.5. The van der Waals surface area contributed by atoms with Gasteiger partial charge in [-0.15, -0.1) is 0 Å². The molecule has 0 spiro atoms. The van der Waals surface area contributed by atoms with Crippen LogP contribution in [0.5, 0.6) is 0 Å². The number of rotatable bonds is 12. The highest BCUT2D eigenvalue weighted by molar-refractivity contribution is 6.00. The molecule has 2 aromatic rings. The van der Waals surface area contributed by atoms with Crippen LogP contribution in [0.1, 0.15) is 58.5 Å². The SMILES string of the molecule is CCCN(CCC)C(=O)c1cc(C)cc(C(=O)N[C@@H](Cc2cc(F)cc(F)c2)[C@H](O)CN2CCN(C)CC2)c1. The average Bonchev–Trinajstić information content (AvgIpc) is 2.88. The number of likely N-dealkylation sites (N-methyl/N-ethyl adjacent to an activating group) is 1. The zero-order valence-corrected chi connectivity index (χ0v) is 23.6. The lowest BCUT2D eigenvalue weighted by atomic mass is 9.99. The van der Waals surface area contributed by atoms with Crippen LogP contribution in [0.3, 0.4) is 0 Å². The normalized spacial score (nSPS) is 16.1. The van der Waals surface area contributed by atoms with Gasteiger partial charge >= 0.3 is 0 Å². The summed E-state index contributed by atoms with van der Waals surface area (Å²) in [7, 11) is 2.04. The van der Waals surface area contributed by atoms with Gasteiger partial charge in [-0.25, -0.2) is 8.78 Å². The Bertz CT molecular complexity index is 1100. The predicted molar refractivity (Wildman–Crippen MR) is 149 cm³/mol. The number of carbonyl (C=O) groups excluding carboxylic acids is 2. The van der Waals surface area contributed by atoms with Gasteiger partial charge in [0.05, 0.1) is 12.1 Å². The van der Waals surface area contributed by atoms with E-state index in [1.165, 1.54) is 12.1 Å². The van der Waals surface area contributed by atoms with E-state index < -0.39 is 29.7 Å². The molecule has 1 aliphatic heterocycles. The Balaban J connectivity index is 1.83. The van der Waals surface area contributed by atoms with Gasteiger partial charge in [0.25, 0.3) is 11.8 Å². The summed E-state index contributed by atoms with van der Waals surface area (Å²) in [6.07, 6.45) is 0.740. The molecule has 2 N–H and O–H groups in total. The first-order valence-corrected chi connectivity index (χ1v) is 13.8. The highest BCUT2D eigenvalue weighted by Crippen LogP contribution is 2.17. The van der Waals surface area contributed by atoms with Gasteiger partial charge in [-0.3, -0.25) is 14.5 Å². The third-order valence-corrected chi connectivity index (χ3v) is 7.06. The molecule has 0 aliphatic carbocycles. The third-order valence-electron chi connectivity index (χ3n) is 7.06. The molecular formula is C30H42F2N4O3. The molecule has 2 atom stereocenters. The third kappa shape index (κ3) is 9.08. The molecule has 0 saturated carbocycles. The Morgan fingerprint density at radius 3 is 2.13 bits per heavy atom. The molecule has 1 saturated heterocycles. The van der Waals surface area contributed by atoms with Crippen molar-refractivity contribution < 1.29 is 23.5 Å². The Labute approximate surface area is 230 Å². The summed E-state index contributed by atoms with van der Waals surface area (Å²) in [4.78, 5) is 32.8. The standard InChI is InChI=1S/C30H42F2N4O3/c1-5-7-36(8-6-2)30(39)24-14-21(3)13-23(18-24)29(38)33-27(17-22-15-25(31)19-26(32)16-22)28(37)20-35-11-9-34(4)10-12-35/h13-16,18-19,27-28,37H,5-12,17,20H2,1-4H3,(H,33,38)/t27-,28+/m0/s1. The smallest absolute Gasteiger partial charge is 0.253 e. The van der Waals surface area contributed by atoms with Crippen LogP contribution in [0.4, 0.5) is 8.78 Å². The number of aliphatic hydroxyl groups is 1. The summed E-state index contributed by atoms with van der Waals surface area (Å²) in [5.41, 5.74) is 1.84. The van der Waals surface area contributed by atoms with Crippen molar-refractivity contribution in [2.45, 2.75) is 52.2 Å². The number of piperazine rings is 1. The minimum absolute atomic E-state index is 0.0493. The van der Waals surface area contributed by atoms with Gasteiger partial charge in [0.15, 0.2) is 0 Å². The summed E-state index contributed by atoms with van der Waals surface area (Å²) in [5.74, 6) is -2.01. The van der Waals surface area contributed by atoms with E-state index in [2.05, 4.69) is 15.1 Å². The number of amides is 2. The summed E-state index contributed by atoms with van der Waals surface area (Å²) >= 11 is 0. The minimum Gasteiger partial charge on any atom is -0.390 e. The Hall–Kier alpha value is -2.88. The fourth-order valence-electron chi connectivity index (χ4n) is 5.01. The van der Waals surface area contributed by atoms with Gasteiger partial charge in [-0.1, -0.05) is 13.8 Å². The Morgan fingerprint density at radius 2 is 1.54 bits per heavy atom. The van der Waals surface area contributed by atoms with E-state index in [0.717, 1.165) is 50.7 Å². The first-order chi connectivity index (χ1) is 18.6. The molecule has 39 heavy (non-hydrogen) atoms. The van der Waals surface area contributed by atoms with Crippen molar-refractivity contribution in [3.63, 3.8) is 0 Å². The van der Waals surface area contributed by atoms with Crippen molar-refractivity contribution in [1.82, 2.24) is 20.0 Å². The second-order valence-corrected chi connectivity index (χ2v) is 10.6. The van der Waals surface area contributed by atoms with E-state index in [1.807, 2.05) is 27.8 Å². The first-order valence-electron chi connectivity index (χ1n) is 13.8. The molecule has 1 fully saturated rings. The Kier molecular flexibility index (Phi) is 11.4. The second-order valence-electron chi connectivity index (χ2n) is 10.6. The maximum Gasteiger partial charge on any atom is 0.253 e. The van der Waals surface area contributed by atoms with E-state index in [1.54, 1.807) is 23.1 Å². The number of nitrogens with one attached hydrogen (secondary N) is 1. The lowest BCUT2D eigenvalue weighted by Crippen LogP contribution is -2.53. The molecule has 2 aromatic carbocycles. The topological polar surface area (TPSA) is 76.1 Å². The minimum atomic E-state index is -0.973. The molecule has 0 aromatic heterocycles. The zero-order valence-electron chi connectivity index (χ0n) is 23.6. The molecule has 0 radical (unpaired) electrons. The highest BCUT2D eigenvalue weighted by Gasteiger charge is 2.27. The molecule has 3 rings (SSSR count). The van der Waals surface area contributed by atoms with Gasteiger partial charge in [-0.2, -0.15) is 0 Å². The number of β-amino-alcohol motifs (C(OH)–C–C–N with tert-alkyl or cyclic N) is 1. The lowest BCUT2D eigenvalue weighted by molar-refractivity contribution is 0.0533. The molecule has 2 amide bonds. The van der Waals surface area contributed by atoms with Crippen molar-refractivity contribution >= 4 is 11.8 Å². The predicted octanol–water partition coefficient (Wildman–Crippen LogP) is 3.48. The molecule has 7 nitrogen and oxygen atoms in total. The summed E-state index contributed by atoms with van der Waals surface area (Å²) in [6.45, 7) is 10.7. The number of benzene rings is 2. The Morgan fingerprint density at radius 1 is 0.949 bits per heavy atom. The van der Waals surface area contributed by atoms with E-state index in [9.17, 15) is 23.5 Å². The van der Waals surface area contributed by atoms with Crippen LogP contribution in [0, 0.1) is 18.6 Å². The summed E-state index contributed by atoms with van der Waals surface area (Å²) in [6, 6.07) is 7.47. The van der Waals surface area contributed by atoms with E-state index in [4.69, 9.17) is 0 Å². The van der Waals surface area contributed by atoms with Crippen LogP contribution in [-0.2, 0) is 6.42 Å². The van der Waals surface area contributed by atoms with Gasteiger partial charge in [0.2, 0.25) is 0 Å². The van der Waals surface area contributed by atoms with Crippen molar-refractivity contribution in [2.75, 3.05) is 52.9 Å². The maximum atomic E-state index is 13.9. The molecule has 1 heterocycles. The van der Waals surface area contributed by atoms with Crippen LogP contribution >= 0.6 is 0 Å². The molecule has 0 bridgehead atoms. The molecule has 9 heteroatoms. The average molecular weight is 545 g/mol. The van der Waals surface area contributed by atoms with Crippen molar-refractivity contribution in [2.24, 2.45) is 0 Å². The second kappa shape index (κ2) is 14.5. The fraction of sp³-hybridized carbons (Fsp3) is 0.533. The van der Waals surface area contributed by atoms with Gasteiger partial charge in [0.1, 0.15) is 11.6 Å². The van der Waals surface area contributed by atoms with E-state index >= 15 is 0 Å². The van der Waals surface area contributed by atoms with Crippen molar-refractivity contribution in [1.29, 1.82) is 0 Å². The number of aliphatic hydroxyl groups excluding tert-OH is 1.